The van der Waals surface area contributed by atoms with Gasteiger partial charge in [0.2, 0.25) is 0 Å². The Morgan fingerprint density at radius 1 is 0.906 bits per heavy atom. The summed E-state index contributed by atoms with van der Waals surface area (Å²) in [6.07, 6.45) is 2.14. The lowest BCUT2D eigenvalue weighted by molar-refractivity contribution is -0.384. The lowest BCUT2D eigenvalue weighted by Gasteiger charge is -2.19. The van der Waals surface area contributed by atoms with Crippen LogP contribution in [0.15, 0.2) is 90.7 Å². The molecule has 6 heteroatoms. The van der Waals surface area contributed by atoms with Crippen molar-refractivity contribution in [1.82, 2.24) is 0 Å². The van der Waals surface area contributed by atoms with Crippen molar-refractivity contribution >= 4 is 11.8 Å². The van der Waals surface area contributed by atoms with Gasteiger partial charge in [-0.25, -0.2) is 0 Å². The number of non-ortho nitro benzene ring substituents is 1. The summed E-state index contributed by atoms with van der Waals surface area (Å²) in [4.78, 5) is 10.5. The predicted octanol–water partition coefficient (Wildman–Crippen LogP) is 5.53. The van der Waals surface area contributed by atoms with Crippen molar-refractivity contribution in [2.45, 2.75) is 31.8 Å². The van der Waals surface area contributed by atoms with Crippen molar-refractivity contribution in [3.8, 4) is 0 Å². The Labute approximate surface area is 187 Å². The zero-order valence-corrected chi connectivity index (χ0v) is 17.6. The fraction of sp³-hybridized carbons (Fsp3) is 0.231. The first-order chi connectivity index (χ1) is 15.7. The third-order valence-corrected chi connectivity index (χ3v) is 5.25. The van der Waals surface area contributed by atoms with E-state index in [9.17, 15) is 10.1 Å². The van der Waals surface area contributed by atoms with Crippen molar-refractivity contribution in [3.05, 3.63) is 117 Å². The van der Waals surface area contributed by atoms with Gasteiger partial charge >= 0.3 is 0 Å². The molecule has 0 aliphatic carbocycles. The zero-order chi connectivity index (χ0) is 22.2. The lowest BCUT2D eigenvalue weighted by Crippen LogP contribution is -2.29. The van der Waals surface area contributed by atoms with E-state index in [1.165, 1.54) is 12.1 Å². The minimum absolute atomic E-state index is 0.0655. The molecule has 1 aliphatic heterocycles. The SMILES string of the molecule is O=[N+]([O-])c1ccc(/C=C2/C[C@H](OCc3ccccc3)[C@@H](COCc3ccccc3)O2)cc1. The van der Waals surface area contributed by atoms with E-state index in [1.54, 1.807) is 12.1 Å². The van der Waals surface area contributed by atoms with Gasteiger partial charge in [0, 0.05) is 18.6 Å². The normalized spacial score (nSPS) is 19.1. The molecular formula is C26H25NO5. The summed E-state index contributed by atoms with van der Waals surface area (Å²) < 4.78 is 18.3. The predicted molar refractivity (Wildman–Crippen MR) is 122 cm³/mol. The van der Waals surface area contributed by atoms with Crippen molar-refractivity contribution in [2.75, 3.05) is 6.61 Å². The van der Waals surface area contributed by atoms with Crippen LogP contribution in [0.1, 0.15) is 23.1 Å². The van der Waals surface area contributed by atoms with Gasteiger partial charge in [-0.05, 0) is 34.9 Å². The van der Waals surface area contributed by atoms with E-state index in [2.05, 4.69) is 0 Å². The van der Waals surface area contributed by atoms with Crippen LogP contribution < -0.4 is 0 Å². The van der Waals surface area contributed by atoms with Crippen LogP contribution in [0.4, 0.5) is 5.69 Å². The van der Waals surface area contributed by atoms with Crippen LogP contribution in [0.3, 0.4) is 0 Å². The van der Waals surface area contributed by atoms with Crippen LogP contribution in [0.2, 0.25) is 0 Å². The van der Waals surface area contributed by atoms with Crippen LogP contribution in [0, 0.1) is 10.1 Å². The molecule has 0 N–H and O–H groups in total. The van der Waals surface area contributed by atoms with Gasteiger partial charge < -0.3 is 14.2 Å². The second-order valence-electron chi connectivity index (χ2n) is 7.66. The molecule has 6 nitrogen and oxygen atoms in total. The smallest absolute Gasteiger partial charge is 0.269 e. The van der Waals surface area contributed by atoms with Gasteiger partial charge in [0.15, 0.2) is 0 Å². The van der Waals surface area contributed by atoms with Gasteiger partial charge in [-0.1, -0.05) is 60.7 Å². The number of rotatable bonds is 9. The van der Waals surface area contributed by atoms with Crippen molar-refractivity contribution < 1.29 is 19.1 Å². The highest BCUT2D eigenvalue weighted by Gasteiger charge is 2.33. The topological polar surface area (TPSA) is 70.8 Å². The van der Waals surface area contributed by atoms with E-state index in [0.29, 0.717) is 26.2 Å². The number of benzene rings is 3. The zero-order valence-electron chi connectivity index (χ0n) is 17.6. The summed E-state index contributed by atoms with van der Waals surface area (Å²) in [5, 5.41) is 10.9. The van der Waals surface area contributed by atoms with Crippen molar-refractivity contribution in [1.29, 1.82) is 0 Å². The molecule has 3 aromatic rings. The summed E-state index contributed by atoms with van der Waals surface area (Å²) in [6.45, 7) is 1.41. The monoisotopic (exact) mass is 431 g/mol. The third-order valence-electron chi connectivity index (χ3n) is 5.25. The van der Waals surface area contributed by atoms with Crippen LogP contribution in [-0.2, 0) is 27.4 Å². The Balaban J connectivity index is 1.41. The van der Waals surface area contributed by atoms with Gasteiger partial charge in [-0.15, -0.1) is 0 Å². The van der Waals surface area contributed by atoms with Gasteiger partial charge in [-0.2, -0.15) is 0 Å². The fourth-order valence-electron chi connectivity index (χ4n) is 3.57. The molecule has 0 bridgehead atoms. The largest absolute Gasteiger partial charge is 0.489 e. The molecule has 0 saturated carbocycles. The molecule has 0 spiro atoms. The number of hydrogen-bond donors (Lipinski definition) is 0. The number of nitro groups is 1. The molecule has 4 rings (SSSR count). The molecule has 0 amide bonds. The maximum absolute atomic E-state index is 10.9. The summed E-state index contributed by atoms with van der Waals surface area (Å²) in [5.41, 5.74) is 3.12. The molecule has 1 saturated heterocycles. The first-order valence-electron chi connectivity index (χ1n) is 10.6. The fourth-order valence-corrected chi connectivity index (χ4v) is 3.57. The summed E-state index contributed by atoms with van der Waals surface area (Å²) >= 11 is 0. The Morgan fingerprint density at radius 3 is 2.16 bits per heavy atom. The number of nitrogens with zero attached hydrogens (tertiary/aromatic N) is 1. The van der Waals surface area contributed by atoms with E-state index in [0.717, 1.165) is 22.4 Å². The molecule has 32 heavy (non-hydrogen) atoms. The standard InChI is InChI=1S/C26H25NO5/c28-27(29)23-13-11-20(12-14-23)15-24-16-25(31-18-22-9-5-2-6-10-22)26(32-24)19-30-17-21-7-3-1-4-8-21/h1-15,25-26H,16-19H2/b24-15-/t25-,26+/m0/s1. The second kappa shape index (κ2) is 10.7. The molecule has 1 heterocycles. The number of ether oxygens (including phenoxy) is 3. The van der Waals surface area contributed by atoms with Crippen LogP contribution in [-0.4, -0.2) is 23.7 Å². The maximum Gasteiger partial charge on any atom is 0.269 e. The highest BCUT2D eigenvalue weighted by molar-refractivity contribution is 5.54. The summed E-state index contributed by atoms with van der Waals surface area (Å²) in [7, 11) is 0. The highest BCUT2D eigenvalue weighted by atomic mass is 16.6. The molecule has 2 atom stereocenters. The maximum atomic E-state index is 10.9. The van der Waals surface area contributed by atoms with Gasteiger partial charge in [0.05, 0.1) is 30.5 Å². The molecule has 0 aromatic heterocycles. The van der Waals surface area contributed by atoms with E-state index in [-0.39, 0.29) is 17.9 Å². The summed E-state index contributed by atoms with van der Waals surface area (Å²) in [6, 6.07) is 26.4. The Hall–Kier alpha value is -3.48. The molecule has 1 aliphatic rings. The van der Waals surface area contributed by atoms with Gasteiger partial charge in [0.25, 0.3) is 5.69 Å². The quantitative estimate of drug-likeness (QED) is 0.329. The Bertz CT molecular complexity index is 1030. The average molecular weight is 431 g/mol. The molecule has 0 radical (unpaired) electrons. The second-order valence-corrected chi connectivity index (χ2v) is 7.66. The third kappa shape index (κ3) is 6.03. The van der Waals surface area contributed by atoms with Crippen LogP contribution >= 0.6 is 0 Å². The van der Waals surface area contributed by atoms with Crippen molar-refractivity contribution in [2.24, 2.45) is 0 Å². The average Bonchev–Trinajstić information content (AvgIpc) is 3.20. The molecular weight excluding hydrogens is 406 g/mol. The first-order valence-corrected chi connectivity index (χ1v) is 10.6. The van der Waals surface area contributed by atoms with Crippen LogP contribution in [0.25, 0.3) is 6.08 Å². The minimum atomic E-state index is -0.406. The van der Waals surface area contributed by atoms with E-state index in [1.807, 2.05) is 66.7 Å². The Morgan fingerprint density at radius 2 is 1.53 bits per heavy atom. The van der Waals surface area contributed by atoms with Gasteiger partial charge in [-0.3, -0.25) is 10.1 Å². The summed E-state index contributed by atoms with van der Waals surface area (Å²) in [5.74, 6) is 0.783. The van der Waals surface area contributed by atoms with E-state index >= 15 is 0 Å². The van der Waals surface area contributed by atoms with E-state index < -0.39 is 4.92 Å². The lowest BCUT2D eigenvalue weighted by atomic mass is 10.1. The molecule has 164 valence electrons. The van der Waals surface area contributed by atoms with E-state index in [4.69, 9.17) is 14.2 Å². The minimum Gasteiger partial charge on any atom is -0.489 e. The number of hydrogen-bond acceptors (Lipinski definition) is 5. The molecule has 1 fully saturated rings. The molecule has 3 aromatic carbocycles. The number of nitro benzene ring substituents is 1. The highest BCUT2D eigenvalue weighted by Crippen LogP contribution is 2.29. The Kier molecular flexibility index (Phi) is 7.27. The van der Waals surface area contributed by atoms with Gasteiger partial charge in [0.1, 0.15) is 12.2 Å². The van der Waals surface area contributed by atoms with Crippen LogP contribution in [0.5, 0.6) is 0 Å². The van der Waals surface area contributed by atoms with Crippen molar-refractivity contribution in [3.63, 3.8) is 0 Å². The molecule has 0 unspecified atom stereocenters. The first kappa shape index (κ1) is 21.7.